The van der Waals surface area contributed by atoms with Gasteiger partial charge < -0.3 is 19.5 Å². The first-order valence-electron chi connectivity index (χ1n) is 11.2. The number of nitrogens with one attached hydrogen (secondary N) is 1. The standard InChI is InChI=1S/C23H35N7O2/c1-7-18(16(2)3)13-29-9-8-19-10-24-23(27-22(19)29)26-20-11-25-30(14-20)15-21(31)32-17(4)12-28(5)6/h8-11,14,16-18H,7,12-13,15H2,1-6H3,(H,24,26,27)/t17?,18-/m1/s1. The number of likely N-dealkylation sites (N-methyl/N-ethyl adjacent to an activating group) is 1. The Bertz CT molecular complexity index is 1020. The van der Waals surface area contributed by atoms with E-state index in [2.05, 4.69) is 46.9 Å². The van der Waals surface area contributed by atoms with Crippen molar-refractivity contribution in [2.45, 2.75) is 53.3 Å². The number of ether oxygens (including phenoxy) is 1. The van der Waals surface area contributed by atoms with Crippen LogP contribution in [0.2, 0.25) is 0 Å². The van der Waals surface area contributed by atoms with Crippen LogP contribution in [0.25, 0.3) is 11.0 Å². The normalized spacial score (nSPS) is 13.6. The van der Waals surface area contributed by atoms with Crippen LogP contribution in [0.3, 0.4) is 0 Å². The van der Waals surface area contributed by atoms with Crippen molar-refractivity contribution in [2.75, 3.05) is 26.0 Å². The molecule has 32 heavy (non-hydrogen) atoms. The van der Waals surface area contributed by atoms with Crippen molar-refractivity contribution in [3.8, 4) is 0 Å². The molecule has 3 heterocycles. The lowest BCUT2D eigenvalue weighted by Gasteiger charge is -2.20. The Morgan fingerprint density at radius 2 is 2.03 bits per heavy atom. The van der Waals surface area contributed by atoms with Gasteiger partial charge in [-0.2, -0.15) is 10.1 Å². The average Bonchev–Trinajstić information content (AvgIpc) is 3.31. The lowest BCUT2D eigenvalue weighted by molar-refractivity contribution is -0.149. The van der Waals surface area contributed by atoms with Crippen molar-refractivity contribution < 1.29 is 9.53 Å². The maximum atomic E-state index is 12.1. The number of rotatable bonds is 11. The second-order valence-corrected chi connectivity index (χ2v) is 8.97. The van der Waals surface area contributed by atoms with Crippen molar-refractivity contribution in [3.63, 3.8) is 0 Å². The number of esters is 1. The van der Waals surface area contributed by atoms with Gasteiger partial charge in [0.2, 0.25) is 5.95 Å². The van der Waals surface area contributed by atoms with E-state index in [4.69, 9.17) is 9.72 Å². The minimum absolute atomic E-state index is 0.0514. The van der Waals surface area contributed by atoms with Gasteiger partial charge in [0, 0.05) is 37.1 Å². The minimum atomic E-state index is -0.319. The highest BCUT2D eigenvalue weighted by Gasteiger charge is 2.15. The Kier molecular flexibility index (Phi) is 7.84. The van der Waals surface area contributed by atoms with E-state index in [-0.39, 0.29) is 18.6 Å². The molecule has 0 aliphatic rings. The monoisotopic (exact) mass is 441 g/mol. The zero-order valence-electron chi connectivity index (χ0n) is 19.9. The molecule has 0 bridgehead atoms. The molecule has 3 aromatic heterocycles. The molecular weight excluding hydrogens is 406 g/mol. The van der Waals surface area contributed by atoms with E-state index in [0.29, 0.717) is 30.0 Å². The number of carbonyl (C=O) groups excluding carboxylic acids is 1. The summed E-state index contributed by atoms with van der Waals surface area (Å²) in [4.78, 5) is 23.3. The van der Waals surface area contributed by atoms with Crippen LogP contribution in [0.4, 0.5) is 11.6 Å². The van der Waals surface area contributed by atoms with Crippen LogP contribution >= 0.6 is 0 Å². The second-order valence-electron chi connectivity index (χ2n) is 8.97. The third kappa shape index (κ3) is 6.29. The van der Waals surface area contributed by atoms with E-state index in [1.54, 1.807) is 17.1 Å². The third-order valence-corrected chi connectivity index (χ3v) is 5.54. The summed E-state index contributed by atoms with van der Waals surface area (Å²) in [6.07, 6.45) is 8.25. The molecule has 0 saturated carbocycles. The topological polar surface area (TPSA) is 90.1 Å². The van der Waals surface area contributed by atoms with E-state index in [0.717, 1.165) is 24.0 Å². The largest absolute Gasteiger partial charge is 0.460 e. The lowest BCUT2D eigenvalue weighted by Crippen LogP contribution is -2.29. The Morgan fingerprint density at radius 3 is 2.72 bits per heavy atom. The first-order chi connectivity index (χ1) is 15.2. The highest BCUT2D eigenvalue weighted by Crippen LogP contribution is 2.22. The number of hydrogen-bond donors (Lipinski definition) is 1. The number of nitrogens with zero attached hydrogens (tertiary/aromatic N) is 6. The molecule has 174 valence electrons. The van der Waals surface area contributed by atoms with Gasteiger partial charge in [-0.15, -0.1) is 0 Å². The molecule has 1 unspecified atom stereocenters. The Hall–Kier alpha value is -2.94. The van der Waals surface area contributed by atoms with E-state index in [1.165, 1.54) is 0 Å². The smallest absolute Gasteiger partial charge is 0.328 e. The third-order valence-electron chi connectivity index (χ3n) is 5.54. The van der Waals surface area contributed by atoms with Gasteiger partial charge in [-0.3, -0.25) is 9.48 Å². The van der Waals surface area contributed by atoms with Crippen molar-refractivity contribution in [2.24, 2.45) is 11.8 Å². The fourth-order valence-electron chi connectivity index (χ4n) is 3.83. The summed E-state index contributed by atoms with van der Waals surface area (Å²) in [6.45, 7) is 10.3. The van der Waals surface area contributed by atoms with Crippen molar-refractivity contribution in [3.05, 3.63) is 30.9 Å². The molecule has 0 saturated heterocycles. The molecule has 0 aliphatic carbocycles. The predicted molar refractivity (Wildman–Crippen MR) is 126 cm³/mol. The van der Waals surface area contributed by atoms with E-state index in [9.17, 15) is 4.79 Å². The Balaban J connectivity index is 1.65. The van der Waals surface area contributed by atoms with Gasteiger partial charge in [-0.05, 0) is 38.9 Å². The fourth-order valence-corrected chi connectivity index (χ4v) is 3.83. The molecule has 0 radical (unpaired) electrons. The van der Waals surface area contributed by atoms with E-state index < -0.39 is 0 Å². The quantitative estimate of drug-likeness (QED) is 0.455. The molecule has 3 rings (SSSR count). The summed E-state index contributed by atoms with van der Waals surface area (Å²) < 4.78 is 9.16. The van der Waals surface area contributed by atoms with Crippen LogP contribution in [-0.4, -0.2) is 61.9 Å². The Morgan fingerprint density at radius 1 is 1.25 bits per heavy atom. The molecule has 0 aromatic carbocycles. The zero-order valence-corrected chi connectivity index (χ0v) is 19.9. The predicted octanol–water partition coefficient (Wildman–Crippen LogP) is 3.55. The number of carbonyl (C=O) groups is 1. The second kappa shape index (κ2) is 10.6. The van der Waals surface area contributed by atoms with Gasteiger partial charge in [0.25, 0.3) is 0 Å². The van der Waals surface area contributed by atoms with Crippen LogP contribution in [0.5, 0.6) is 0 Å². The van der Waals surface area contributed by atoms with Gasteiger partial charge in [0.15, 0.2) is 0 Å². The van der Waals surface area contributed by atoms with Crippen LogP contribution in [0, 0.1) is 11.8 Å². The van der Waals surface area contributed by atoms with Gasteiger partial charge in [0.05, 0.1) is 11.9 Å². The van der Waals surface area contributed by atoms with E-state index in [1.807, 2.05) is 38.2 Å². The highest BCUT2D eigenvalue weighted by atomic mass is 16.5. The maximum Gasteiger partial charge on any atom is 0.328 e. The highest BCUT2D eigenvalue weighted by molar-refractivity contribution is 5.76. The lowest BCUT2D eigenvalue weighted by atomic mass is 9.93. The summed E-state index contributed by atoms with van der Waals surface area (Å²) in [5.74, 6) is 1.38. The fraction of sp³-hybridized carbons (Fsp3) is 0.565. The summed E-state index contributed by atoms with van der Waals surface area (Å²) in [5.41, 5.74) is 1.62. The maximum absolute atomic E-state index is 12.1. The average molecular weight is 442 g/mol. The number of aromatic nitrogens is 5. The number of hydrogen-bond acceptors (Lipinski definition) is 7. The summed E-state index contributed by atoms with van der Waals surface area (Å²) in [7, 11) is 3.89. The minimum Gasteiger partial charge on any atom is -0.460 e. The summed E-state index contributed by atoms with van der Waals surface area (Å²) in [6, 6.07) is 2.05. The van der Waals surface area contributed by atoms with Gasteiger partial charge in [0.1, 0.15) is 18.3 Å². The number of anilines is 2. The molecule has 9 heteroatoms. The summed E-state index contributed by atoms with van der Waals surface area (Å²) in [5, 5.41) is 8.44. The molecule has 2 atom stereocenters. The van der Waals surface area contributed by atoms with Crippen LogP contribution in [0.1, 0.15) is 34.1 Å². The molecule has 0 fully saturated rings. The summed E-state index contributed by atoms with van der Waals surface area (Å²) >= 11 is 0. The van der Waals surface area contributed by atoms with Gasteiger partial charge >= 0.3 is 5.97 Å². The number of fused-ring (bicyclic) bond motifs is 1. The van der Waals surface area contributed by atoms with Crippen molar-refractivity contribution >= 4 is 28.6 Å². The van der Waals surface area contributed by atoms with Crippen LogP contribution < -0.4 is 5.32 Å². The van der Waals surface area contributed by atoms with Gasteiger partial charge in [-0.1, -0.05) is 27.2 Å². The van der Waals surface area contributed by atoms with Crippen LogP contribution in [0.15, 0.2) is 30.9 Å². The van der Waals surface area contributed by atoms with Gasteiger partial charge in [-0.25, -0.2) is 4.98 Å². The molecule has 9 nitrogen and oxygen atoms in total. The molecule has 0 spiro atoms. The molecule has 3 aromatic rings. The van der Waals surface area contributed by atoms with Crippen molar-refractivity contribution in [1.82, 2.24) is 29.2 Å². The van der Waals surface area contributed by atoms with Crippen molar-refractivity contribution in [1.29, 1.82) is 0 Å². The first-order valence-corrected chi connectivity index (χ1v) is 11.2. The molecule has 1 N–H and O–H groups in total. The first kappa shape index (κ1) is 23.7. The molecule has 0 aliphatic heterocycles. The molecule has 0 amide bonds. The van der Waals surface area contributed by atoms with Crippen LogP contribution in [-0.2, 0) is 22.6 Å². The SMILES string of the molecule is CC[C@H](Cn1ccc2cnc(Nc3cnn(CC(=O)OC(C)CN(C)C)c3)nc21)C(C)C. The Labute approximate surface area is 189 Å². The zero-order chi connectivity index (χ0) is 23.3. The van der Waals surface area contributed by atoms with E-state index >= 15 is 0 Å². The molecular formula is C23H35N7O2.